The van der Waals surface area contributed by atoms with Crippen LogP contribution in [0.5, 0.6) is 0 Å². The molecule has 2 bridgehead atoms. The van der Waals surface area contributed by atoms with Gasteiger partial charge in [-0.1, -0.05) is 29.8 Å². The largest absolute Gasteiger partial charge is 0.486 e. The Labute approximate surface area is 200 Å². The summed E-state index contributed by atoms with van der Waals surface area (Å²) in [7, 11) is -3.58. The zero-order chi connectivity index (χ0) is 23.7. The van der Waals surface area contributed by atoms with Gasteiger partial charge in [0.05, 0.1) is 6.61 Å². The Bertz CT molecular complexity index is 1000. The molecule has 180 valence electrons. The summed E-state index contributed by atoms with van der Waals surface area (Å²) in [6.45, 7) is 1.84. The molecule has 4 rings (SSSR count). The van der Waals surface area contributed by atoms with Crippen molar-refractivity contribution in [3.63, 3.8) is 0 Å². The number of carbonyl (C=O) groups is 1. The molecule has 0 saturated carbocycles. The fraction of sp³-hybridized carbons (Fsp3) is 0.455. The van der Waals surface area contributed by atoms with Gasteiger partial charge >= 0.3 is 0 Å². The molecule has 3 aliphatic heterocycles. The van der Waals surface area contributed by atoms with Crippen molar-refractivity contribution in [1.29, 1.82) is 5.41 Å². The number of allylic oxidation sites excluding steroid dienone is 2. The average molecular weight is 496 g/mol. The van der Waals surface area contributed by atoms with Crippen molar-refractivity contribution in [3.8, 4) is 0 Å². The highest BCUT2D eigenvalue weighted by Gasteiger charge is 2.29. The number of carbonyl (C=O) groups excluding carboxylic acids is 1. The van der Waals surface area contributed by atoms with Crippen LogP contribution >= 0.6 is 11.6 Å². The van der Waals surface area contributed by atoms with Crippen molar-refractivity contribution >= 4 is 39.6 Å². The van der Waals surface area contributed by atoms with Crippen LogP contribution in [0.15, 0.2) is 47.9 Å². The molecule has 3 aliphatic rings. The Hall–Kier alpha value is -2.40. The van der Waals surface area contributed by atoms with E-state index in [4.69, 9.17) is 21.7 Å². The van der Waals surface area contributed by atoms with Crippen LogP contribution in [-0.4, -0.2) is 69.1 Å². The SMILES string of the molecule is N=CC1=C(C(=O)Nc2cccc(Cl)c2)OCCCCC=CCCNS(=O)(=O)N2CCN1CC2. The minimum atomic E-state index is -3.58. The maximum absolute atomic E-state index is 13.1. The van der Waals surface area contributed by atoms with Gasteiger partial charge in [-0.05, 0) is 43.9 Å². The van der Waals surface area contributed by atoms with Crippen LogP contribution in [0.3, 0.4) is 0 Å². The van der Waals surface area contributed by atoms with Gasteiger partial charge in [0.1, 0.15) is 5.70 Å². The lowest BCUT2D eigenvalue weighted by Gasteiger charge is -2.36. The van der Waals surface area contributed by atoms with Crippen molar-refractivity contribution in [2.24, 2.45) is 0 Å². The van der Waals surface area contributed by atoms with E-state index < -0.39 is 16.1 Å². The van der Waals surface area contributed by atoms with E-state index in [1.54, 1.807) is 24.3 Å². The lowest BCUT2D eigenvalue weighted by Crippen LogP contribution is -2.52. The lowest BCUT2D eigenvalue weighted by molar-refractivity contribution is -0.116. The molecule has 1 aromatic rings. The number of halogens is 1. The van der Waals surface area contributed by atoms with Gasteiger partial charge in [0.25, 0.3) is 16.1 Å². The first-order valence-electron chi connectivity index (χ1n) is 11.0. The zero-order valence-corrected chi connectivity index (χ0v) is 20.0. The second kappa shape index (κ2) is 12.2. The number of ether oxygens (including phenoxy) is 1. The van der Waals surface area contributed by atoms with Gasteiger partial charge in [0, 0.05) is 49.6 Å². The molecule has 9 nitrogen and oxygen atoms in total. The summed E-state index contributed by atoms with van der Waals surface area (Å²) in [5.74, 6) is -0.440. The standard InChI is InChI=1S/C22H30ClN5O4S/c23-18-8-7-9-19(16-18)26-22(29)21-20(17-24)27-11-13-28(14-12-27)33(30,31)25-10-5-3-1-2-4-6-15-32-21/h1,3,7-9,16-17,24-25H,2,4-6,10-15H2,(H,26,29). The summed E-state index contributed by atoms with van der Waals surface area (Å²) in [6.07, 6.45) is 8.15. The Morgan fingerprint density at radius 2 is 1.91 bits per heavy atom. The van der Waals surface area contributed by atoms with Gasteiger partial charge in [-0.2, -0.15) is 12.7 Å². The summed E-state index contributed by atoms with van der Waals surface area (Å²) in [5.41, 5.74) is 0.840. The summed E-state index contributed by atoms with van der Waals surface area (Å²) >= 11 is 6.03. The van der Waals surface area contributed by atoms with Gasteiger partial charge in [-0.25, -0.2) is 4.72 Å². The molecule has 1 amide bonds. The lowest BCUT2D eigenvalue weighted by atomic mass is 10.2. The monoisotopic (exact) mass is 495 g/mol. The van der Waals surface area contributed by atoms with E-state index in [0.29, 0.717) is 49.1 Å². The van der Waals surface area contributed by atoms with E-state index in [9.17, 15) is 13.2 Å². The molecule has 11 heteroatoms. The molecule has 0 unspecified atom stereocenters. The van der Waals surface area contributed by atoms with Gasteiger partial charge in [0.2, 0.25) is 5.76 Å². The van der Waals surface area contributed by atoms with Gasteiger partial charge in [-0.15, -0.1) is 0 Å². The Morgan fingerprint density at radius 1 is 1.15 bits per heavy atom. The molecule has 3 N–H and O–H groups in total. The Morgan fingerprint density at radius 3 is 2.64 bits per heavy atom. The number of nitrogens with zero attached hydrogens (tertiary/aromatic N) is 2. The van der Waals surface area contributed by atoms with Crippen LogP contribution in [0, 0.1) is 5.41 Å². The quantitative estimate of drug-likeness (QED) is 0.440. The third kappa shape index (κ3) is 7.29. The molecule has 1 fully saturated rings. The smallest absolute Gasteiger partial charge is 0.293 e. The molecule has 0 aromatic heterocycles. The van der Waals surface area contributed by atoms with Crippen LogP contribution in [0.25, 0.3) is 0 Å². The second-order valence-electron chi connectivity index (χ2n) is 7.71. The van der Waals surface area contributed by atoms with Crippen molar-refractivity contribution in [1.82, 2.24) is 13.9 Å². The van der Waals surface area contributed by atoms with Crippen LogP contribution in [0.2, 0.25) is 5.02 Å². The van der Waals surface area contributed by atoms with Crippen LogP contribution < -0.4 is 10.0 Å². The fourth-order valence-electron chi connectivity index (χ4n) is 3.62. The molecule has 1 saturated heterocycles. The number of hydrogen-bond donors (Lipinski definition) is 3. The van der Waals surface area contributed by atoms with Crippen molar-refractivity contribution in [2.45, 2.75) is 25.7 Å². The number of hydrogen-bond acceptors (Lipinski definition) is 6. The third-order valence-electron chi connectivity index (χ3n) is 5.35. The first kappa shape index (κ1) is 25.2. The van der Waals surface area contributed by atoms with E-state index in [1.165, 1.54) is 4.31 Å². The van der Waals surface area contributed by atoms with Crippen molar-refractivity contribution < 1.29 is 17.9 Å². The molecule has 3 heterocycles. The molecule has 0 atom stereocenters. The summed E-state index contributed by atoms with van der Waals surface area (Å²) in [4.78, 5) is 14.9. The fourth-order valence-corrected chi connectivity index (χ4v) is 5.01. The number of rotatable bonds is 3. The topological polar surface area (TPSA) is 115 Å². The molecule has 0 radical (unpaired) electrons. The zero-order valence-electron chi connectivity index (χ0n) is 18.4. The van der Waals surface area contributed by atoms with Crippen LogP contribution in [0.4, 0.5) is 5.69 Å². The molecule has 33 heavy (non-hydrogen) atoms. The average Bonchev–Trinajstić information content (AvgIpc) is 2.79. The highest BCUT2D eigenvalue weighted by molar-refractivity contribution is 7.87. The maximum Gasteiger partial charge on any atom is 0.293 e. The van der Waals surface area contributed by atoms with E-state index in [-0.39, 0.29) is 18.8 Å². The minimum absolute atomic E-state index is 0.0410. The molecule has 0 aliphatic carbocycles. The summed E-state index contributed by atoms with van der Waals surface area (Å²) in [5, 5.41) is 11.2. The number of anilines is 1. The van der Waals surface area contributed by atoms with Crippen molar-refractivity contribution in [3.05, 3.63) is 52.9 Å². The highest BCUT2D eigenvalue weighted by Crippen LogP contribution is 2.20. The van der Waals surface area contributed by atoms with E-state index in [2.05, 4.69) is 10.0 Å². The van der Waals surface area contributed by atoms with E-state index in [1.807, 2.05) is 17.1 Å². The first-order chi connectivity index (χ1) is 15.9. The molecular formula is C22H30ClN5O4S. The number of piperazine rings is 1. The number of fused-ring (bicyclic) bond motifs is 12. The highest BCUT2D eigenvalue weighted by atomic mass is 35.5. The van der Waals surface area contributed by atoms with E-state index in [0.717, 1.165) is 25.5 Å². The van der Waals surface area contributed by atoms with Crippen LogP contribution in [-0.2, 0) is 19.7 Å². The second-order valence-corrected chi connectivity index (χ2v) is 9.90. The van der Waals surface area contributed by atoms with Crippen LogP contribution in [0.1, 0.15) is 25.7 Å². The van der Waals surface area contributed by atoms with Gasteiger partial charge in [-0.3, -0.25) is 4.79 Å². The summed E-state index contributed by atoms with van der Waals surface area (Å²) < 4.78 is 35.1. The summed E-state index contributed by atoms with van der Waals surface area (Å²) in [6, 6.07) is 6.79. The van der Waals surface area contributed by atoms with E-state index >= 15 is 0 Å². The molecule has 1 aromatic carbocycles. The Balaban J connectivity index is 1.85. The number of benzene rings is 1. The third-order valence-corrected chi connectivity index (χ3v) is 7.20. The number of nitrogens with one attached hydrogen (secondary N) is 3. The molecule has 0 spiro atoms. The number of amides is 1. The van der Waals surface area contributed by atoms with Gasteiger partial charge in [0.15, 0.2) is 0 Å². The minimum Gasteiger partial charge on any atom is -0.486 e. The maximum atomic E-state index is 13.1. The molecular weight excluding hydrogens is 466 g/mol. The first-order valence-corrected chi connectivity index (χ1v) is 12.8. The predicted octanol–water partition coefficient (Wildman–Crippen LogP) is 2.74. The normalized spacial score (nSPS) is 20.7. The van der Waals surface area contributed by atoms with Gasteiger partial charge < -0.3 is 20.4 Å². The predicted molar refractivity (Wildman–Crippen MR) is 130 cm³/mol. The van der Waals surface area contributed by atoms with Crippen molar-refractivity contribution in [2.75, 3.05) is 44.6 Å². The Kier molecular flexibility index (Phi) is 9.30.